The predicted molar refractivity (Wildman–Crippen MR) is 126 cm³/mol. The topological polar surface area (TPSA) is 113 Å². The van der Waals surface area contributed by atoms with E-state index in [1.165, 1.54) is 15.3 Å². The first-order valence-electron chi connectivity index (χ1n) is 12.2. The number of carbonyl (C=O) groups excluding carboxylic acids is 3. The summed E-state index contributed by atoms with van der Waals surface area (Å²) in [7, 11) is -3.77. The molecule has 1 aliphatic carbocycles. The number of fused-ring (bicyclic) bond motifs is 1. The van der Waals surface area contributed by atoms with Crippen molar-refractivity contribution in [1.29, 1.82) is 0 Å². The van der Waals surface area contributed by atoms with Crippen LogP contribution in [0.15, 0.2) is 23.1 Å². The first-order valence-corrected chi connectivity index (χ1v) is 13.7. The largest absolute Gasteiger partial charge is 0.492 e. The van der Waals surface area contributed by atoms with Crippen LogP contribution in [0.5, 0.6) is 5.75 Å². The molecular formula is C24H33N3O6S. The molecule has 1 N–H and O–H groups in total. The summed E-state index contributed by atoms with van der Waals surface area (Å²) < 4.78 is 33.6. The smallest absolute Gasteiger partial charge is 0.246 e. The van der Waals surface area contributed by atoms with E-state index in [9.17, 15) is 22.8 Å². The lowest BCUT2D eigenvalue weighted by molar-refractivity contribution is -0.140. The summed E-state index contributed by atoms with van der Waals surface area (Å²) >= 11 is 0. The number of amides is 3. The minimum absolute atomic E-state index is 0.0306. The fourth-order valence-electron chi connectivity index (χ4n) is 5.19. The highest BCUT2D eigenvalue weighted by molar-refractivity contribution is 7.89. The van der Waals surface area contributed by atoms with Gasteiger partial charge in [-0.25, -0.2) is 8.42 Å². The maximum absolute atomic E-state index is 13.3. The summed E-state index contributed by atoms with van der Waals surface area (Å²) in [6.07, 6.45) is 5.97. The van der Waals surface area contributed by atoms with E-state index in [-0.39, 0.29) is 53.2 Å². The Kier molecular flexibility index (Phi) is 7.57. The molecular weight excluding hydrogens is 458 g/mol. The number of nitrogens with one attached hydrogen (secondary N) is 1. The van der Waals surface area contributed by atoms with Crippen LogP contribution in [0, 0.1) is 11.8 Å². The van der Waals surface area contributed by atoms with E-state index >= 15 is 0 Å². The van der Waals surface area contributed by atoms with Gasteiger partial charge in [0.15, 0.2) is 0 Å². The number of rotatable bonds is 8. The number of anilines is 1. The monoisotopic (exact) mass is 491 g/mol. The molecule has 3 amide bonds. The molecule has 4 rings (SSSR count). The van der Waals surface area contributed by atoms with Crippen LogP contribution in [0.25, 0.3) is 0 Å². The second-order valence-corrected chi connectivity index (χ2v) is 11.1. The molecule has 10 heteroatoms. The number of ether oxygens (including phenoxy) is 1. The van der Waals surface area contributed by atoms with E-state index in [1.54, 1.807) is 19.1 Å². The van der Waals surface area contributed by atoms with Crippen LogP contribution in [0.1, 0.15) is 58.3 Å². The van der Waals surface area contributed by atoms with Crippen molar-refractivity contribution in [2.45, 2.75) is 63.2 Å². The van der Waals surface area contributed by atoms with Gasteiger partial charge in [-0.3, -0.25) is 19.3 Å². The van der Waals surface area contributed by atoms with Crippen LogP contribution in [-0.4, -0.2) is 61.6 Å². The number of hydrogen-bond donors (Lipinski definition) is 1. The van der Waals surface area contributed by atoms with Gasteiger partial charge in [0.05, 0.1) is 18.4 Å². The Morgan fingerprint density at radius 2 is 1.68 bits per heavy atom. The number of benzene rings is 1. The summed E-state index contributed by atoms with van der Waals surface area (Å²) in [5.74, 6) is -0.948. The Morgan fingerprint density at radius 1 is 1.03 bits per heavy atom. The SMILES string of the molecule is CCOc1ccc(NC(=O)CCN2C(=O)[C@@H]3CCCC[C@H]3C2=O)cc1S(=O)(=O)N1CCCCC1. The summed E-state index contributed by atoms with van der Waals surface area (Å²) in [6.45, 7) is 3.05. The Morgan fingerprint density at radius 3 is 2.29 bits per heavy atom. The molecule has 0 spiro atoms. The Labute approximate surface area is 200 Å². The molecule has 2 atom stereocenters. The molecule has 0 aromatic heterocycles. The number of hydrogen-bond acceptors (Lipinski definition) is 6. The molecule has 186 valence electrons. The van der Waals surface area contributed by atoms with Gasteiger partial charge in [0, 0.05) is 31.7 Å². The second-order valence-electron chi connectivity index (χ2n) is 9.18. The van der Waals surface area contributed by atoms with Crippen LogP contribution in [0.3, 0.4) is 0 Å². The van der Waals surface area contributed by atoms with Gasteiger partial charge in [-0.1, -0.05) is 19.3 Å². The van der Waals surface area contributed by atoms with Crippen LogP contribution < -0.4 is 10.1 Å². The van der Waals surface area contributed by atoms with Gasteiger partial charge >= 0.3 is 0 Å². The highest BCUT2D eigenvalue weighted by Gasteiger charge is 2.47. The number of carbonyl (C=O) groups is 3. The van der Waals surface area contributed by atoms with Gasteiger partial charge in [-0.2, -0.15) is 4.31 Å². The first-order chi connectivity index (χ1) is 16.3. The van der Waals surface area contributed by atoms with E-state index < -0.39 is 10.0 Å². The zero-order valence-electron chi connectivity index (χ0n) is 19.6. The Bertz CT molecular complexity index is 1030. The molecule has 0 radical (unpaired) electrons. The number of piperidine rings is 1. The van der Waals surface area contributed by atoms with Crippen molar-refractivity contribution in [3.63, 3.8) is 0 Å². The Hall–Kier alpha value is -2.46. The lowest BCUT2D eigenvalue weighted by Gasteiger charge is -2.27. The number of likely N-dealkylation sites (tertiary alicyclic amines) is 1. The van der Waals surface area contributed by atoms with Crippen molar-refractivity contribution >= 4 is 33.4 Å². The van der Waals surface area contributed by atoms with Gasteiger partial charge in [-0.15, -0.1) is 0 Å². The van der Waals surface area contributed by atoms with Crippen molar-refractivity contribution in [3.05, 3.63) is 18.2 Å². The van der Waals surface area contributed by atoms with Crippen LogP contribution in [0.2, 0.25) is 0 Å². The highest BCUT2D eigenvalue weighted by Crippen LogP contribution is 2.38. The molecule has 3 aliphatic rings. The molecule has 3 fully saturated rings. The minimum Gasteiger partial charge on any atom is -0.492 e. The molecule has 2 saturated heterocycles. The molecule has 0 unspecified atom stereocenters. The lowest BCUT2D eigenvalue weighted by atomic mass is 9.81. The predicted octanol–water partition coefficient (Wildman–Crippen LogP) is 2.76. The quantitative estimate of drug-likeness (QED) is 0.560. The molecule has 34 heavy (non-hydrogen) atoms. The van der Waals surface area contributed by atoms with Crippen molar-refractivity contribution < 1.29 is 27.5 Å². The average Bonchev–Trinajstić information content (AvgIpc) is 3.09. The molecule has 2 heterocycles. The van der Waals surface area contributed by atoms with Gasteiger partial charge in [-0.05, 0) is 50.8 Å². The van der Waals surface area contributed by atoms with E-state index in [0.717, 1.165) is 44.9 Å². The number of sulfonamides is 1. The van der Waals surface area contributed by atoms with E-state index in [1.807, 2.05) is 0 Å². The molecule has 0 bridgehead atoms. The first kappa shape index (κ1) is 24.7. The van der Waals surface area contributed by atoms with Gasteiger partial charge < -0.3 is 10.1 Å². The standard InChI is InChI=1S/C24H33N3O6S/c1-2-33-20-11-10-17(16-21(20)34(31,32)26-13-6-3-7-14-26)25-22(28)12-15-27-23(29)18-8-4-5-9-19(18)24(27)30/h10-11,16,18-19H,2-9,12-15H2,1H3,(H,25,28)/t18-,19-/m1/s1. The summed E-state index contributed by atoms with van der Waals surface area (Å²) in [6, 6.07) is 4.57. The van der Waals surface area contributed by atoms with Crippen molar-refractivity contribution in [1.82, 2.24) is 9.21 Å². The minimum atomic E-state index is -3.77. The van der Waals surface area contributed by atoms with Crippen LogP contribution in [-0.2, 0) is 24.4 Å². The summed E-state index contributed by atoms with van der Waals surface area (Å²) in [5, 5.41) is 2.72. The third kappa shape index (κ3) is 4.98. The Balaban J connectivity index is 1.44. The molecule has 1 saturated carbocycles. The van der Waals surface area contributed by atoms with Crippen LogP contribution >= 0.6 is 0 Å². The van der Waals surface area contributed by atoms with Gasteiger partial charge in [0.2, 0.25) is 27.7 Å². The molecule has 2 aliphatic heterocycles. The van der Waals surface area contributed by atoms with Gasteiger partial charge in [0.25, 0.3) is 0 Å². The highest BCUT2D eigenvalue weighted by atomic mass is 32.2. The maximum Gasteiger partial charge on any atom is 0.246 e. The summed E-state index contributed by atoms with van der Waals surface area (Å²) in [5.41, 5.74) is 0.330. The average molecular weight is 492 g/mol. The second kappa shape index (κ2) is 10.4. The molecule has 1 aromatic rings. The van der Waals surface area contributed by atoms with Crippen molar-refractivity contribution in [2.75, 3.05) is 31.6 Å². The fraction of sp³-hybridized carbons (Fsp3) is 0.625. The molecule has 9 nitrogen and oxygen atoms in total. The maximum atomic E-state index is 13.3. The number of imide groups is 1. The summed E-state index contributed by atoms with van der Waals surface area (Å²) in [4.78, 5) is 39.1. The van der Waals surface area contributed by atoms with E-state index in [0.29, 0.717) is 25.4 Å². The van der Waals surface area contributed by atoms with Gasteiger partial charge in [0.1, 0.15) is 10.6 Å². The zero-order valence-corrected chi connectivity index (χ0v) is 20.4. The third-order valence-corrected chi connectivity index (χ3v) is 8.87. The molecule has 1 aromatic carbocycles. The van der Waals surface area contributed by atoms with Crippen molar-refractivity contribution in [2.24, 2.45) is 11.8 Å². The van der Waals surface area contributed by atoms with E-state index in [2.05, 4.69) is 5.32 Å². The van der Waals surface area contributed by atoms with E-state index in [4.69, 9.17) is 4.74 Å². The van der Waals surface area contributed by atoms with Crippen LogP contribution in [0.4, 0.5) is 5.69 Å². The fourth-order valence-corrected chi connectivity index (χ4v) is 6.87. The van der Waals surface area contributed by atoms with Crippen molar-refractivity contribution in [3.8, 4) is 5.75 Å². The normalized spacial score (nSPS) is 23.6. The lowest BCUT2D eigenvalue weighted by Crippen LogP contribution is -2.36. The zero-order chi connectivity index (χ0) is 24.3. The number of nitrogens with zero attached hydrogens (tertiary/aromatic N) is 2. The third-order valence-electron chi connectivity index (χ3n) is 6.96.